The average molecular weight is 475 g/mol. The summed E-state index contributed by atoms with van der Waals surface area (Å²) < 4.78 is 0. The van der Waals surface area contributed by atoms with Crippen LogP contribution in [0, 0.1) is 0 Å². The summed E-state index contributed by atoms with van der Waals surface area (Å²) in [6, 6.07) is 16.5. The second-order valence-electron chi connectivity index (χ2n) is 7.08. The molecule has 1 aromatic heterocycles. The lowest BCUT2D eigenvalue weighted by Crippen LogP contribution is -2.46. The van der Waals surface area contributed by atoms with Gasteiger partial charge in [-0.1, -0.05) is 53.2 Å². The Hall–Kier alpha value is -2.48. The molecule has 31 heavy (non-hydrogen) atoms. The van der Waals surface area contributed by atoms with Gasteiger partial charge in [0.25, 0.3) is 0 Å². The molecule has 1 saturated heterocycles. The van der Waals surface area contributed by atoms with Crippen molar-refractivity contribution in [2.24, 2.45) is 0 Å². The molecule has 2 aromatic carbocycles. The Balaban J connectivity index is 1.41. The van der Waals surface area contributed by atoms with Crippen molar-refractivity contribution in [1.82, 2.24) is 9.97 Å². The lowest BCUT2D eigenvalue weighted by molar-refractivity contribution is 0.0697. The highest BCUT2D eigenvalue weighted by molar-refractivity contribution is 7.98. The van der Waals surface area contributed by atoms with Crippen molar-refractivity contribution in [3.8, 4) is 0 Å². The van der Waals surface area contributed by atoms with Crippen LogP contribution in [-0.4, -0.2) is 47.2 Å². The summed E-state index contributed by atoms with van der Waals surface area (Å²) >= 11 is 13.8. The molecule has 4 rings (SSSR count). The Morgan fingerprint density at radius 1 is 0.968 bits per heavy atom. The molecule has 0 spiro atoms. The molecule has 6 nitrogen and oxygen atoms in total. The lowest BCUT2D eigenvalue weighted by atomic mass is 10.1. The third-order valence-corrected chi connectivity index (χ3v) is 6.33. The molecule has 2 heterocycles. The highest BCUT2D eigenvalue weighted by Gasteiger charge is 2.20. The molecule has 0 aliphatic carbocycles. The SMILES string of the molecule is O=C(O)c1cccc(CSc2nc(Cl)cc(N3CCN(c4cccc(Cl)c4)CC3)n2)c1. The molecular formula is C22H20Cl2N4O2S. The van der Waals surface area contributed by atoms with E-state index in [1.54, 1.807) is 24.3 Å². The summed E-state index contributed by atoms with van der Waals surface area (Å²) in [4.78, 5) is 24.7. The van der Waals surface area contributed by atoms with E-state index in [1.807, 2.05) is 24.3 Å². The molecule has 0 saturated carbocycles. The van der Waals surface area contributed by atoms with Crippen molar-refractivity contribution in [3.05, 3.63) is 75.9 Å². The lowest BCUT2D eigenvalue weighted by Gasteiger charge is -2.36. The van der Waals surface area contributed by atoms with Crippen LogP contribution in [0.5, 0.6) is 0 Å². The van der Waals surface area contributed by atoms with E-state index < -0.39 is 5.97 Å². The van der Waals surface area contributed by atoms with E-state index >= 15 is 0 Å². The first-order valence-electron chi connectivity index (χ1n) is 9.73. The van der Waals surface area contributed by atoms with E-state index in [-0.39, 0.29) is 5.56 Å². The maximum absolute atomic E-state index is 11.2. The molecule has 9 heteroatoms. The topological polar surface area (TPSA) is 69.6 Å². The Morgan fingerprint density at radius 3 is 2.45 bits per heavy atom. The number of benzene rings is 2. The number of halogens is 2. The van der Waals surface area contributed by atoms with Gasteiger partial charge < -0.3 is 14.9 Å². The molecule has 1 N–H and O–H groups in total. The number of thioether (sulfide) groups is 1. The van der Waals surface area contributed by atoms with E-state index in [9.17, 15) is 4.79 Å². The smallest absolute Gasteiger partial charge is 0.335 e. The largest absolute Gasteiger partial charge is 0.478 e. The van der Waals surface area contributed by atoms with Gasteiger partial charge >= 0.3 is 5.97 Å². The number of nitrogens with zero attached hydrogens (tertiary/aromatic N) is 4. The highest BCUT2D eigenvalue weighted by Crippen LogP contribution is 2.27. The van der Waals surface area contributed by atoms with E-state index in [0.717, 1.165) is 48.3 Å². The third kappa shape index (κ3) is 5.61. The molecule has 1 aliphatic rings. The van der Waals surface area contributed by atoms with Gasteiger partial charge in [0.05, 0.1) is 5.56 Å². The Kier molecular flexibility index (Phi) is 6.85. The number of rotatable bonds is 6. The molecule has 160 valence electrons. The number of anilines is 2. The van der Waals surface area contributed by atoms with Gasteiger partial charge in [0.2, 0.25) is 0 Å². The monoisotopic (exact) mass is 474 g/mol. The second kappa shape index (κ2) is 9.77. The van der Waals surface area contributed by atoms with Crippen LogP contribution in [-0.2, 0) is 5.75 Å². The minimum Gasteiger partial charge on any atom is -0.478 e. The highest BCUT2D eigenvalue weighted by atomic mass is 35.5. The summed E-state index contributed by atoms with van der Waals surface area (Å²) in [7, 11) is 0. The molecule has 0 unspecified atom stereocenters. The molecule has 0 bridgehead atoms. The first-order chi connectivity index (χ1) is 15.0. The van der Waals surface area contributed by atoms with E-state index in [1.165, 1.54) is 11.8 Å². The summed E-state index contributed by atoms with van der Waals surface area (Å²) in [6.07, 6.45) is 0. The van der Waals surface area contributed by atoms with Gasteiger partial charge in [0.15, 0.2) is 5.16 Å². The third-order valence-electron chi connectivity index (χ3n) is 4.98. The number of hydrogen-bond acceptors (Lipinski definition) is 6. The zero-order chi connectivity index (χ0) is 21.8. The van der Waals surface area contributed by atoms with Gasteiger partial charge in [-0.05, 0) is 35.9 Å². The van der Waals surface area contributed by atoms with Gasteiger partial charge in [-0.15, -0.1) is 0 Å². The molecule has 1 aliphatic heterocycles. The summed E-state index contributed by atoms with van der Waals surface area (Å²) in [5.41, 5.74) is 2.28. The van der Waals surface area contributed by atoms with Crippen LogP contribution >= 0.6 is 35.0 Å². The summed E-state index contributed by atoms with van der Waals surface area (Å²) in [5.74, 6) is 0.418. The number of carbonyl (C=O) groups is 1. The average Bonchev–Trinajstić information content (AvgIpc) is 2.78. The molecule has 0 radical (unpaired) electrons. The van der Waals surface area contributed by atoms with Crippen molar-refractivity contribution < 1.29 is 9.90 Å². The first-order valence-corrected chi connectivity index (χ1v) is 11.5. The van der Waals surface area contributed by atoms with Crippen molar-refractivity contribution in [2.45, 2.75) is 10.9 Å². The van der Waals surface area contributed by atoms with Crippen LogP contribution in [0.3, 0.4) is 0 Å². The number of piperazine rings is 1. The quantitative estimate of drug-likeness (QED) is 0.302. The Labute approximate surface area is 194 Å². The van der Waals surface area contributed by atoms with E-state index in [0.29, 0.717) is 16.1 Å². The van der Waals surface area contributed by atoms with Crippen LogP contribution in [0.2, 0.25) is 10.2 Å². The minimum atomic E-state index is -0.940. The van der Waals surface area contributed by atoms with Gasteiger partial charge in [-0.25, -0.2) is 14.8 Å². The molecule has 3 aromatic rings. The van der Waals surface area contributed by atoms with Crippen molar-refractivity contribution >= 4 is 52.4 Å². The van der Waals surface area contributed by atoms with Crippen LogP contribution in [0.4, 0.5) is 11.5 Å². The van der Waals surface area contributed by atoms with Gasteiger partial charge in [0.1, 0.15) is 11.0 Å². The van der Waals surface area contributed by atoms with E-state index in [2.05, 4.69) is 25.8 Å². The molecular weight excluding hydrogens is 455 g/mol. The maximum atomic E-state index is 11.2. The Morgan fingerprint density at radius 2 is 1.71 bits per heavy atom. The zero-order valence-corrected chi connectivity index (χ0v) is 18.9. The normalized spacial score (nSPS) is 14.0. The first kappa shape index (κ1) is 21.7. The molecule has 1 fully saturated rings. The fourth-order valence-corrected chi connectivity index (χ4v) is 4.63. The number of hydrogen-bond donors (Lipinski definition) is 1. The Bertz CT molecular complexity index is 1090. The van der Waals surface area contributed by atoms with Crippen molar-refractivity contribution in [2.75, 3.05) is 36.0 Å². The molecule has 0 atom stereocenters. The van der Waals surface area contributed by atoms with Gasteiger partial charge in [-0.3, -0.25) is 0 Å². The van der Waals surface area contributed by atoms with Crippen molar-refractivity contribution in [1.29, 1.82) is 0 Å². The number of aromatic carboxylic acids is 1. The molecule has 0 amide bonds. The van der Waals surface area contributed by atoms with Crippen LogP contribution in [0.25, 0.3) is 0 Å². The predicted octanol–water partition coefficient (Wildman–Crippen LogP) is 5.10. The number of carboxylic acid groups (broad SMARTS) is 1. The van der Waals surface area contributed by atoms with E-state index in [4.69, 9.17) is 28.3 Å². The summed E-state index contributed by atoms with van der Waals surface area (Å²) in [5, 5.41) is 10.8. The predicted molar refractivity (Wildman–Crippen MR) is 126 cm³/mol. The fraction of sp³-hybridized carbons (Fsp3) is 0.227. The standard InChI is InChI=1S/C22H20Cl2N4O2S/c23-17-5-2-6-18(12-17)27-7-9-28(10-8-27)20-13-19(24)25-22(26-20)31-14-15-3-1-4-16(11-15)21(29)30/h1-6,11-13H,7-10,14H2,(H,29,30). The van der Waals surface area contributed by atoms with Gasteiger partial charge in [0, 0.05) is 48.7 Å². The van der Waals surface area contributed by atoms with Crippen molar-refractivity contribution in [3.63, 3.8) is 0 Å². The zero-order valence-electron chi connectivity index (χ0n) is 16.5. The van der Waals surface area contributed by atoms with Crippen LogP contribution in [0.15, 0.2) is 59.8 Å². The van der Waals surface area contributed by atoms with Crippen LogP contribution in [0.1, 0.15) is 15.9 Å². The number of carboxylic acids is 1. The van der Waals surface area contributed by atoms with Crippen LogP contribution < -0.4 is 9.80 Å². The second-order valence-corrected chi connectivity index (χ2v) is 8.85. The minimum absolute atomic E-state index is 0.267. The van der Waals surface area contributed by atoms with Gasteiger partial charge in [-0.2, -0.15) is 0 Å². The fourth-order valence-electron chi connectivity index (χ4n) is 3.42. The number of aromatic nitrogens is 2. The summed E-state index contributed by atoms with van der Waals surface area (Å²) in [6.45, 7) is 3.33. The maximum Gasteiger partial charge on any atom is 0.335 e.